The molecule has 96 valence electrons. The van der Waals surface area contributed by atoms with Crippen LogP contribution in [0.4, 0.5) is 5.69 Å². The molecule has 0 heterocycles. The van der Waals surface area contributed by atoms with Gasteiger partial charge in [0.15, 0.2) is 0 Å². The van der Waals surface area contributed by atoms with Gasteiger partial charge in [-0.15, -0.1) is 0 Å². The zero-order chi connectivity index (χ0) is 12.6. The van der Waals surface area contributed by atoms with Crippen molar-refractivity contribution in [3.8, 4) is 0 Å². The summed E-state index contributed by atoms with van der Waals surface area (Å²) in [4.78, 5) is 12.2. The highest BCUT2D eigenvalue weighted by atomic mass is 16.3. The predicted octanol–water partition coefficient (Wildman–Crippen LogP) is 2.28. The molecule has 0 spiro atoms. The van der Waals surface area contributed by atoms with Gasteiger partial charge in [0, 0.05) is 5.69 Å². The number of carbonyl (C=O) groups is 1. The van der Waals surface area contributed by atoms with Crippen LogP contribution in [-0.4, -0.2) is 17.6 Å². The number of benzene rings is 1. The van der Waals surface area contributed by atoms with Crippen LogP contribution in [0.5, 0.6) is 0 Å². The summed E-state index contributed by atoms with van der Waals surface area (Å²) in [6.45, 7) is -0.0379. The second kappa shape index (κ2) is 4.39. The number of hydrogen-bond acceptors (Lipinski definition) is 2. The number of carbonyl (C=O) groups excluding carboxylic acids is 1. The molecule has 0 aromatic heterocycles. The van der Waals surface area contributed by atoms with Crippen LogP contribution in [0.15, 0.2) is 18.2 Å². The van der Waals surface area contributed by atoms with Crippen LogP contribution in [0.1, 0.15) is 36.8 Å². The molecule has 0 unspecified atom stereocenters. The third kappa shape index (κ3) is 1.83. The van der Waals surface area contributed by atoms with E-state index in [0.717, 1.165) is 37.8 Å². The fourth-order valence-electron chi connectivity index (χ4n) is 2.97. The molecule has 3 heteroatoms. The molecule has 0 saturated heterocycles. The summed E-state index contributed by atoms with van der Waals surface area (Å²) in [7, 11) is 0. The van der Waals surface area contributed by atoms with Crippen molar-refractivity contribution in [1.82, 2.24) is 0 Å². The Morgan fingerprint density at radius 1 is 1.22 bits per heavy atom. The van der Waals surface area contributed by atoms with Gasteiger partial charge >= 0.3 is 0 Å². The van der Waals surface area contributed by atoms with Crippen LogP contribution in [0.2, 0.25) is 0 Å². The van der Waals surface area contributed by atoms with Crippen molar-refractivity contribution < 1.29 is 9.90 Å². The van der Waals surface area contributed by atoms with Crippen molar-refractivity contribution in [2.75, 3.05) is 11.9 Å². The van der Waals surface area contributed by atoms with Crippen molar-refractivity contribution in [3.05, 3.63) is 29.3 Å². The highest BCUT2D eigenvalue weighted by molar-refractivity contribution is 5.96. The molecule has 1 aromatic carbocycles. The van der Waals surface area contributed by atoms with Crippen LogP contribution in [-0.2, 0) is 17.6 Å². The number of aryl methyl sites for hydroxylation is 2. The molecule has 0 bridgehead atoms. The lowest BCUT2D eigenvalue weighted by Gasteiger charge is -2.38. The van der Waals surface area contributed by atoms with Gasteiger partial charge in [-0.1, -0.05) is 12.5 Å². The maximum atomic E-state index is 12.2. The molecule has 1 amide bonds. The summed E-state index contributed by atoms with van der Waals surface area (Å²) in [5.74, 6) is -0.0193. The molecule has 2 aliphatic rings. The minimum absolute atomic E-state index is 0.0193. The molecule has 1 saturated carbocycles. The van der Waals surface area contributed by atoms with E-state index in [4.69, 9.17) is 0 Å². The normalized spacial score (nSPS) is 20.1. The van der Waals surface area contributed by atoms with Gasteiger partial charge in [0.25, 0.3) is 0 Å². The lowest BCUT2D eigenvalue weighted by atomic mass is 9.68. The highest BCUT2D eigenvalue weighted by Gasteiger charge is 2.43. The molecule has 3 rings (SSSR count). The van der Waals surface area contributed by atoms with Gasteiger partial charge in [-0.2, -0.15) is 0 Å². The van der Waals surface area contributed by atoms with Crippen molar-refractivity contribution >= 4 is 11.6 Å². The van der Waals surface area contributed by atoms with Gasteiger partial charge in [0.05, 0.1) is 12.0 Å². The van der Waals surface area contributed by atoms with E-state index in [0.29, 0.717) is 0 Å². The van der Waals surface area contributed by atoms with E-state index in [9.17, 15) is 9.90 Å². The lowest BCUT2D eigenvalue weighted by Crippen LogP contribution is -2.44. The van der Waals surface area contributed by atoms with Gasteiger partial charge in [-0.3, -0.25) is 4.79 Å². The standard InChI is InChI=1S/C15H19NO2/c17-10-15(7-2-8-15)14(18)16-13-6-5-11-3-1-4-12(11)9-13/h5-6,9,17H,1-4,7-8,10H2,(H,16,18). The van der Waals surface area contributed by atoms with E-state index in [1.807, 2.05) is 6.07 Å². The van der Waals surface area contributed by atoms with Gasteiger partial charge in [0.2, 0.25) is 5.91 Å². The van der Waals surface area contributed by atoms with Gasteiger partial charge in [0.1, 0.15) is 0 Å². The average molecular weight is 245 g/mol. The Morgan fingerprint density at radius 3 is 2.67 bits per heavy atom. The third-order valence-corrected chi connectivity index (χ3v) is 4.45. The van der Waals surface area contributed by atoms with E-state index in [2.05, 4.69) is 17.4 Å². The van der Waals surface area contributed by atoms with E-state index < -0.39 is 5.41 Å². The Kier molecular flexibility index (Phi) is 2.86. The topological polar surface area (TPSA) is 49.3 Å². The summed E-state index contributed by atoms with van der Waals surface area (Å²) in [6.07, 6.45) is 6.14. The smallest absolute Gasteiger partial charge is 0.232 e. The molecule has 3 nitrogen and oxygen atoms in total. The van der Waals surface area contributed by atoms with Gasteiger partial charge in [-0.25, -0.2) is 0 Å². The van der Waals surface area contributed by atoms with E-state index in [1.54, 1.807) is 0 Å². The molecule has 2 N–H and O–H groups in total. The molecule has 0 aliphatic heterocycles. The zero-order valence-electron chi connectivity index (χ0n) is 10.5. The maximum absolute atomic E-state index is 12.2. The molecule has 18 heavy (non-hydrogen) atoms. The van der Waals surface area contributed by atoms with Crippen LogP contribution in [0, 0.1) is 5.41 Å². The van der Waals surface area contributed by atoms with Gasteiger partial charge in [-0.05, 0) is 55.4 Å². The van der Waals surface area contributed by atoms with E-state index in [1.165, 1.54) is 17.5 Å². The quantitative estimate of drug-likeness (QED) is 0.858. The van der Waals surface area contributed by atoms with Crippen molar-refractivity contribution in [2.24, 2.45) is 5.41 Å². The Morgan fingerprint density at radius 2 is 2.00 bits per heavy atom. The molecular weight excluding hydrogens is 226 g/mol. The number of aliphatic hydroxyl groups is 1. The largest absolute Gasteiger partial charge is 0.395 e. The average Bonchev–Trinajstić information content (AvgIpc) is 2.75. The minimum atomic E-state index is -0.515. The first-order valence-electron chi connectivity index (χ1n) is 6.78. The summed E-state index contributed by atoms with van der Waals surface area (Å²) < 4.78 is 0. The Hall–Kier alpha value is -1.35. The SMILES string of the molecule is O=C(Nc1ccc2c(c1)CCC2)C1(CO)CCC1. The summed E-state index contributed by atoms with van der Waals surface area (Å²) in [5, 5.41) is 12.3. The molecule has 2 aliphatic carbocycles. The van der Waals surface area contributed by atoms with E-state index >= 15 is 0 Å². The fourth-order valence-corrected chi connectivity index (χ4v) is 2.97. The fraction of sp³-hybridized carbons (Fsp3) is 0.533. The maximum Gasteiger partial charge on any atom is 0.232 e. The highest BCUT2D eigenvalue weighted by Crippen LogP contribution is 2.41. The summed E-state index contributed by atoms with van der Waals surface area (Å²) in [5.41, 5.74) is 3.13. The zero-order valence-corrected chi connectivity index (χ0v) is 10.5. The molecule has 0 radical (unpaired) electrons. The Labute approximate surface area is 107 Å². The predicted molar refractivity (Wildman–Crippen MR) is 70.5 cm³/mol. The number of fused-ring (bicyclic) bond motifs is 1. The van der Waals surface area contributed by atoms with Crippen molar-refractivity contribution in [3.63, 3.8) is 0 Å². The lowest BCUT2D eigenvalue weighted by molar-refractivity contribution is -0.133. The Bertz CT molecular complexity index is 472. The second-order valence-corrected chi connectivity index (χ2v) is 5.58. The number of amides is 1. The number of hydrogen-bond donors (Lipinski definition) is 2. The monoisotopic (exact) mass is 245 g/mol. The third-order valence-electron chi connectivity index (χ3n) is 4.45. The number of rotatable bonds is 3. The number of anilines is 1. The van der Waals surface area contributed by atoms with Gasteiger partial charge < -0.3 is 10.4 Å². The van der Waals surface area contributed by atoms with Crippen molar-refractivity contribution in [1.29, 1.82) is 0 Å². The first kappa shape index (κ1) is 11.7. The molecular formula is C15H19NO2. The van der Waals surface area contributed by atoms with E-state index in [-0.39, 0.29) is 12.5 Å². The van der Waals surface area contributed by atoms with Crippen LogP contribution in [0.3, 0.4) is 0 Å². The second-order valence-electron chi connectivity index (χ2n) is 5.58. The minimum Gasteiger partial charge on any atom is -0.395 e. The van der Waals surface area contributed by atoms with Crippen LogP contribution in [0.25, 0.3) is 0 Å². The first-order valence-corrected chi connectivity index (χ1v) is 6.78. The summed E-state index contributed by atoms with van der Waals surface area (Å²) in [6, 6.07) is 6.18. The summed E-state index contributed by atoms with van der Waals surface area (Å²) >= 11 is 0. The molecule has 1 aromatic rings. The van der Waals surface area contributed by atoms with Crippen LogP contribution >= 0.6 is 0 Å². The number of nitrogens with one attached hydrogen (secondary N) is 1. The molecule has 1 fully saturated rings. The van der Waals surface area contributed by atoms with Crippen molar-refractivity contribution in [2.45, 2.75) is 38.5 Å². The van der Waals surface area contributed by atoms with Crippen LogP contribution < -0.4 is 5.32 Å². The first-order chi connectivity index (χ1) is 8.73. The number of aliphatic hydroxyl groups excluding tert-OH is 1. The Balaban J connectivity index is 1.74. The molecule has 0 atom stereocenters.